The van der Waals surface area contributed by atoms with Crippen LogP contribution in [-0.2, 0) is 4.79 Å². The van der Waals surface area contributed by atoms with E-state index in [2.05, 4.69) is 4.42 Å². The Labute approximate surface area is 45.5 Å². The van der Waals surface area contributed by atoms with Crippen LogP contribution in [0.25, 0.3) is 0 Å². The molecule has 1 N–H and O–H groups in total. The van der Waals surface area contributed by atoms with E-state index < -0.39 is 0 Å². The van der Waals surface area contributed by atoms with Crippen LogP contribution < -0.4 is 0 Å². The monoisotopic (exact) mass is 111 g/mol. The van der Waals surface area contributed by atoms with E-state index in [1.54, 1.807) is 0 Å². The van der Waals surface area contributed by atoms with Gasteiger partial charge in [-0.05, 0) is 0 Å². The number of carbonyl (C=O) groups excluding carboxylic acids is 1. The van der Waals surface area contributed by atoms with Gasteiger partial charge in [-0.1, -0.05) is 0 Å². The smallest absolute Gasteiger partial charge is 0.275 e. The van der Waals surface area contributed by atoms with Gasteiger partial charge < -0.3 is 9.52 Å². The molecule has 0 saturated heterocycles. The summed E-state index contributed by atoms with van der Waals surface area (Å²) in [4.78, 5) is 9.71. The molecule has 0 aliphatic rings. The Hall–Kier alpha value is -1.25. The molecule has 1 radical (unpaired) electrons. The Morgan fingerprint density at radius 2 is 2.50 bits per heavy atom. The van der Waals surface area contributed by atoms with Gasteiger partial charge in [0.1, 0.15) is 0 Å². The number of aromatic hydroxyl groups is 1. The zero-order valence-corrected chi connectivity index (χ0v) is 3.92. The molecule has 0 aliphatic heterocycles. The molecule has 3 nitrogen and oxygen atoms in total. The standard InChI is InChI=1S/C5H3O3/c6-3-5-4(7)1-2-8-5/h1-2,7H. The molecule has 0 aromatic carbocycles. The summed E-state index contributed by atoms with van der Waals surface area (Å²) in [6.45, 7) is 0. The van der Waals surface area contributed by atoms with Gasteiger partial charge in [0.15, 0.2) is 5.75 Å². The van der Waals surface area contributed by atoms with E-state index in [0.29, 0.717) is 0 Å². The molecule has 0 bridgehead atoms. The van der Waals surface area contributed by atoms with Crippen LogP contribution in [0.1, 0.15) is 5.76 Å². The van der Waals surface area contributed by atoms with Gasteiger partial charge >= 0.3 is 0 Å². The Balaban J connectivity index is 3.09. The Bertz CT molecular complexity index is 189. The minimum atomic E-state index is -0.167. The van der Waals surface area contributed by atoms with Gasteiger partial charge in [0, 0.05) is 6.07 Å². The maximum atomic E-state index is 9.71. The zero-order chi connectivity index (χ0) is 5.98. The van der Waals surface area contributed by atoms with Crippen molar-refractivity contribution in [2.45, 2.75) is 0 Å². The third kappa shape index (κ3) is 0.578. The zero-order valence-electron chi connectivity index (χ0n) is 3.92. The molecule has 1 rings (SSSR count). The van der Waals surface area contributed by atoms with Gasteiger partial charge in [0.05, 0.1) is 6.26 Å². The number of furan rings is 1. The van der Waals surface area contributed by atoms with Crippen molar-refractivity contribution in [2.75, 3.05) is 0 Å². The first kappa shape index (κ1) is 4.90. The van der Waals surface area contributed by atoms with Crippen molar-refractivity contribution >= 4 is 6.29 Å². The van der Waals surface area contributed by atoms with E-state index in [1.807, 2.05) is 0 Å². The number of hydrogen-bond acceptors (Lipinski definition) is 3. The first-order valence-electron chi connectivity index (χ1n) is 1.99. The highest BCUT2D eigenvalue weighted by Gasteiger charge is 2.00. The van der Waals surface area contributed by atoms with Gasteiger partial charge in [-0.3, -0.25) is 4.79 Å². The lowest BCUT2D eigenvalue weighted by Gasteiger charge is -1.76. The van der Waals surface area contributed by atoms with Crippen LogP contribution in [0, 0.1) is 0 Å². The van der Waals surface area contributed by atoms with Crippen molar-refractivity contribution < 1.29 is 14.3 Å². The first-order chi connectivity index (χ1) is 3.84. The van der Waals surface area contributed by atoms with Crippen LogP contribution in [-0.4, -0.2) is 11.4 Å². The van der Waals surface area contributed by atoms with Gasteiger partial charge in [-0.25, -0.2) is 0 Å². The van der Waals surface area contributed by atoms with E-state index in [0.717, 1.165) is 0 Å². The summed E-state index contributed by atoms with van der Waals surface area (Å²) in [6, 6.07) is 1.28. The van der Waals surface area contributed by atoms with Gasteiger partial charge in [-0.15, -0.1) is 0 Å². The third-order valence-electron chi connectivity index (χ3n) is 0.737. The average Bonchev–Trinajstić information content (AvgIpc) is 2.14. The van der Waals surface area contributed by atoms with Gasteiger partial charge in [-0.2, -0.15) is 0 Å². The highest BCUT2D eigenvalue weighted by atomic mass is 16.4. The Morgan fingerprint density at radius 3 is 2.75 bits per heavy atom. The lowest BCUT2D eigenvalue weighted by molar-refractivity contribution is 0.448. The Morgan fingerprint density at radius 1 is 1.75 bits per heavy atom. The SMILES string of the molecule is O=[C]c1occc1O. The number of hydrogen-bond donors (Lipinski definition) is 1. The van der Waals surface area contributed by atoms with E-state index in [-0.39, 0.29) is 11.5 Å². The largest absolute Gasteiger partial charge is 0.504 e. The molecule has 0 unspecified atom stereocenters. The Kier molecular flexibility index (Phi) is 1.04. The number of rotatable bonds is 1. The van der Waals surface area contributed by atoms with Crippen LogP contribution in [0.15, 0.2) is 16.7 Å². The molecule has 0 fully saturated rings. The molecule has 0 spiro atoms. The van der Waals surface area contributed by atoms with E-state index >= 15 is 0 Å². The predicted octanol–water partition coefficient (Wildman–Crippen LogP) is 0.443. The van der Waals surface area contributed by atoms with Crippen LogP contribution in [0.4, 0.5) is 0 Å². The van der Waals surface area contributed by atoms with E-state index in [1.165, 1.54) is 18.6 Å². The van der Waals surface area contributed by atoms with Crippen molar-refractivity contribution in [3.8, 4) is 5.75 Å². The molecular formula is C5H3O3. The maximum Gasteiger partial charge on any atom is 0.275 e. The molecule has 0 amide bonds. The van der Waals surface area contributed by atoms with E-state index in [4.69, 9.17) is 5.11 Å². The molecule has 0 atom stereocenters. The van der Waals surface area contributed by atoms with Crippen molar-refractivity contribution in [1.82, 2.24) is 0 Å². The third-order valence-corrected chi connectivity index (χ3v) is 0.737. The fourth-order valence-corrected chi connectivity index (χ4v) is 0.379. The normalized spacial score (nSPS) is 9.00. The first-order valence-corrected chi connectivity index (χ1v) is 1.99. The van der Waals surface area contributed by atoms with Crippen molar-refractivity contribution in [3.63, 3.8) is 0 Å². The molecule has 0 saturated carbocycles. The molecule has 8 heavy (non-hydrogen) atoms. The minimum absolute atomic E-state index is 0.148. The minimum Gasteiger partial charge on any atom is -0.504 e. The van der Waals surface area contributed by atoms with Crippen LogP contribution in [0.5, 0.6) is 5.75 Å². The fourth-order valence-electron chi connectivity index (χ4n) is 0.379. The molecular weight excluding hydrogens is 108 g/mol. The summed E-state index contributed by atoms with van der Waals surface area (Å²) < 4.78 is 4.44. The van der Waals surface area contributed by atoms with Gasteiger partial charge in [0.2, 0.25) is 5.76 Å². The maximum absolute atomic E-state index is 9.71. The summed E-state index contributed by atoms with van der Waals surface area (Å²) in [5, 5.41) is 8.59. The molecule has 1 heterocycles. The summed E-state index contributed by atoms with van der Waals surface area (Å²) in [5.41, 5.74) is 0. The summed E-state index contributed by atoms with van der Waals surface area (Å²) in [6.07, 6.45) is 2.63. The highest BCUT2D eigenvalue weighted by Crippen LogP contribution is 2.13. The van der Waals surface area contributed by atoms with Crippen molar-refractivity contribution in [3.05, 3.63) is 18.1 Å². The summed E-state index contributed by atoms with van der Waals surface area (Å²) >= 11 is 0. The molecule has 0 aliphatic carbocycles. The second kappa shape index (κ2) is 1.69. The van der Waals surface area contributed by atoms with Gasteiger partial charge in [0.25, 0.3) is 6.29 Å². The van der Waals surface area contributed by atoms with Crippen LogP contribution >= 0.6 is 0 Å². The van der Waals surface area contributed by atoms with Crippen LogP contribution in [0.3, 0.4) is 0 Å². The molecule has 41 valence electrons. The van der Waals surface area contributed by atoms with Crippen LogP contribution in [0.2, 0.25) is 0 Å². The van der Waals surface area contributed by atoms with Crippen molar-refractivity contribution in [1.29, 1.82) is 0 Å². The topological polar surface area (TPSA) is 50.4 Å². The second-order valence-electron chi connectivity index (χ2n) is 1.24. The predicted molar refractivity (Wildman–Crippen MR) is 25.2 cm³/mol. The molecule has 1 aromatic heterocycles. The highest BCUT2D eigenvalue weighted by molar-refractivity contribution is 5.74. The lowest BCUT2D eigenvalue weighted by atomic mass is 10.4. The summed E-state index contributed by atoms with van der Waals surface area (Å²) in [7, 11) is 0. The quantitative estimate of drug-likeness (QED) is 0.572. The van der Waals surface area contributed by atoms with Crippen molar-refractivity contribution in [2.24, 2.45) is 0 Å². The summed E-state index contributed by atoms with van der Waals surface area (Å²) in [5.74, 6) is -0.315. The van der Waals surface area contributed by atoms with E-state index in [9.17, 15) is 4.79 Å². The average molecular weight is 111 g/mol. The second-order valence-corrected chi connectivity index (χ2v) is 1.24. The lowest BCUT2D eigenvalue weighted by Crippen LogP contribution is -1.70. The fraction of sp³-hybridized carbons (Fsp3) is 0. The molecule has 1 aromatic rings. The molecule has 3 heteroatoms.